The topological polar surface area (TPSA) is 66.8 Å². The number of hydrogen-bond donors (Lipinski definition) is 1. The second-order valence-electron chi connectivity index (χ2n) is 5.59. The van der Waals surface area contributed by atoms with Crippen LogP contribution < -0.4 is 0 Å². The van der Waals surface area contributed by atoms with Gasteiger partial charge >= 0.3 is 5.97 Å². The van der Waals surface area contributed by atoms with E-state index in [4.69, 9.17) is 9.84 Å². The average Bonchev–Trinajstić information content (AvgIpc) is 2.28. The van der Waals surface area contributed by atoms with Crippen LogP contribution >= 0.6 is 0 Å². The van der Waals surface area contributed by atoms with E-state index in [0.29, 0.717) is 13.0 Å². The first kappa shape index (κ1) is 15.0. The molecule has 0 spiro atoms. The van der Waals surface area contributed by atoms with Gasteiger partial charge in [0.2, 0.25) is 5.91 Å². The Hall–Kier alpha value is -1.10. The van der Waals surface area contributed by atoms with Crippen LogP contribution in [0.1, 0.15) is 39.5 Å². The summed E-state index contributed by atoms with van der Waals surface area (Å²) in [5, 5.41) is 8.79. The molecule has 1 N–H and O–H groups in total. The average molecular weight is 257 g/mol. The number of carboxylic acid groups (broad SMARTS) is 1. The number of piperidine rings is 1. The second-order valence-corrected chi connectivity index (χ2v) is 5.59. The molecule has 0 bridgehead atoms. The molecule has 0 saturated carbocycles. The molecule has 0 aromatic rings. The van der Waals surface area contributed by atoms with Crippen molar-refractivity contribution in [3.63, 3.8) is 0 Å². The van der Waals surface area contributed by atoms with Gasteiger partial charge in [-0.3, -0.25) is 9.59 Å². The van der Waals surface area contributed by atoms with Gasteiger partial charge in [-0.1, -0.05) is 0 Å². The number of amides is 1. The Morgan fingerprint density at radius 1 is 1.44 bits per heavy atom. The Bertz CT molecular complexity index is 314. The number of rotatable bonds is 5. The van der Waals surface area contributed by atoms with Crippen LogP contribution in [0.4, 0.5) is 0 Å². The van der Waals surface area contributed by atoms with Crippen molar-refractivity contribution in [1.29, 1.82) is 0 Å². The predicted octanol–water partition coefficient (Wildman–Crippen LogP) is 1.51. The van der Waals surface area contributed by atoms with Gasteiger partial charge in [-0.2, -0.15) is 0 Å². The van der Waals surface area contributed by atoms with E-state index in [2.05, 4.69) is 0 Å². The van der Waals surface area contributed by atoms with E-state index in [9.17, 15) is 9.59 Å². The maximum atomic E-state index is 12.1. The Morgan fingerprint density at radius 3 is 2.67 bits per heavy atom. The molecule has 18 heavy (non-hydrogen) atoms. The zero-order valence-electron chi connectivity index (χ0n) is 11.4. The number of nitrogens with zero attached hydrogens (tertiary/aromatic N) is 1. The third kappa shape index (κ3) is 4.64. The summed E-state index contributed by atoms with van der Waals surface area (Å²) in [5.74, 6) is -0.644. The molecule has 1 atom stereocenters. The summed E-state index contributed by atoms with van der Waals surface area (Å²) in [6.07, 6.45) is 2.27. The first-order valence-electron chi connectivity index (χ1n) is 6.39. The van der Waals surface area contributed by atoms with E-state index < -0.39 is 11.6 Å². The van der Waals surface area contributed by atoms with Crippen molar-refractivity contribution in [2.45, 2.75) is 45.1 Å². The zero-order valence-corrected chi connectivity index (χ0v) is 11.4. The van der Waals surface area contributed by atoms with Gasteiger partial charge in [0.15, 0.2) is 0 Å². The highest BCUT2D eigenvalue weighted by Crippen LogP contribution is 2.22. The summed E-state index contributed by atoms with van der Waals surface area (Å²) < 4.78 is 5.25. The van der Waals surface area contributed by atoms with Gasteiger partial charge in [-0.25, -0.2) is 0 Å². The minimum Gasteiger partial charge on any atom is -0.481 e. The molecule has 1 fully saturated rings. The molecule has 0 aromatic carbocycles. The molecule has 1 unspecified atom stereocenters. The number of likely N-dealkylation sites (tertiary alicyclic amines) is 1. The van der Waals surface area contributed by atoms with E-state index >= 15 is 0 Å². The lowest BCUT2D eigenvalue weighted by atomic mass is 9.94. The lowest BCUT2D eigenvalue weighted by Crippen LogP contribution is -2.43. The summed E-state index contributed by atoms with van der Waals surface area (Å²) >= 11 is 0. The maximum Gasteiger partial charge on any atom is 0.303 e. The van der Waals surface area contributed by atoms with Gasteiger partial charge in [0.25, 0.3) is 0 Å². The zero-order chi connectivity index (χ0) is 13.8. The second kappa shape index (κ2) is 6.18. The van der Waals surface area contributed by atoms with E-state index in [1.165, 1.54) is 0 Å². The van der Waals surface area contributed by atoms with Crippen LogP contribution in [0.15, 0.2) is 0 Å². The monoisotopic (exact) mass is 257 g/mol. The molecule has 5 nitrogen and oxygen atoms in total. The first-order chi connectivity index (χ1) is 8.34. The number of ether oxygens (including phenoxy) is 1. The molecule has 1 rings (SSSR count). The predicted molar refractivity (Wildman–Crippen MR) is 67.3 cm³/mol. The number of hydrogen-bond acceptors (Lipinski definition) is 3. The number of methoxy groups -OCH3 is 1. The van der Waals surface area contributed by atoms with Crippen LogP contribution in [-0.4, -0.2) is 47.7 Å². The molecule has 1 aliphatic heterocycles. The van der Waals surface area contributed by atoms with Gasteiger partial charge in [-0.05, 0) is 32.6 Å². The largest absolute Gasteiger partial charge is 0.481 e. The molecular formula is C13H23NO4. The molecule has 5 heteroatoms. The number of carbonyl (C=O) groups excluding carboxylic acids is 1. The van der Waals surface area contributed by atoms with Gasteiger partial charge in [0.05, 0.1) is 12.0 Å². The summed E-state index contributed by atoms with van der Waals surface area (Å²) in [5.41, 5.74) is -0.461. The lowest BCUT2D eigenvalue weighted by molar-refractivity contribution is -0.142. The Kier molecular flexibility index (Phi) is 5.14. The fourth-order valence-corrected chi connectivity index (χ4v) is 2.25. The minimum absolute atomic E-state index is 0.0527. The van der Waals surface area contributed by atoms with Gasteiger partial charge in [0, 0.05) is 26.6 Å². The Balaban J connectivity index is 2.50. The number of carboxylic acids is 1. The summed E-state index contributed by atoms with van der Waals surface area (Å²) in [6.45, 7) is 5.05. The van der Waals surface area contributed by atoms with Gasteiger partial charge < -0.3 is 14.7 Å². The minimum atomic E-state index is -0.786. The molecule has 1 amide bonds. The van der Waals surface area contributed by atoms with Crippen LogP contribution in [0.2, 0.25) is 0 Å². The highest BCUT2D eigenvalue weighted by molar-refractivity contribution is 5.77. The van der Waals surface area contributed by atoms with Crippen molar-refractivity contribution in [3.8, 4) is 0 Å². The van der Waals surface area contributed by atoms with Crippen LogP contribution in [0.3, 0.4) is 0 Å². The van der Waals surface area contributed by atoms with Crippen LogP contribution in [-0.2, 0) is 14.3 Å². The van der Waals surface area contributed by atoms with Crippen molar-refractivity contribution in [1.82, 2.24) is 4.90 Å². The molecule has 0 aromatic heterocycles. The van der Waals surface area contributed by atoms with E-state index in [1.807, 2.05) is 13.8 Å². The van der Waals surface area contributed by atoms with Crippen molar-refractivity contribution >= 4 is 11.9 Å². The smallest absolute Gasteiger partial charge is 0.303 e. The molecule has 1 heterocycles. The molecule has 1 aliphatic rings. The van der Waals surface area contributed by atoms with Gasteiger partial charge in [0.1, 0.15) is 0 Å². The standard InChI is InChI=1S/C13H23NO4/c1-13(2,18-3)8-11(15)14-6-4-5-10(9-14)7-12(16)17/h10H,4-9H2,1-3H3,(H,16,17). The molecular weight excluding hydrogens is 234 g/mol. The first-order valence-corrected chi connectivity index (χ1v) is 6.39. The fraction of sp³-hybridized carbons (Fsp3) is 0.846. The summed E-state index contributed by atoms with van der Waals surface area (Å²) in [7, 11) is 1.59. The Morgan fingerprint density at radius 2 is 2.11 bits per heavy atom. The summed E-state index contributed by atoms with van der Waals surface area (Å²) in [4.78, 5) is 24.6. The number of aliphatic carboxylic acids is 1. The normalized spacial score (nSPS) is 20.8. The van der Waals surface area contributed by atoms with Crippen molar-refractivity contribution in [3.05, 3.63) is 0 Å². The van der Waals surface area contributed by atoms with Crippen molar-refractivity contribution in [2.24, 2.45) is 5.92 Å². The lowest BCUT2D eigenvalue weighted by Gasteiger charge is -2.34. The SMILES string of the molecule is COC(C)(C)CC(=O)N1CCCC(CC(=O)O)C1. The van der Waals surface area contributed by atoms with Gasteiger partial charge in [-0.15, -0.1) is 0 Å². The van der Waals surface area contributed by atoms with E-state index in [1.54, 1.807) is 12.0 Å². The highest BCUT2D eigenvalue weighted by atomic mass is 16.5. The van der Waals surface area contributed by atoms with Crippen LogP contribution in [0.5, 0.6) is 0 Å². The fourth-order valence-electron chi connectivity index (χ4n) is 2.25. The third-order valence-corrected chi connectivity index (χ3v) is 3.46. The molecule has 0 aliphatic carbocycles. The quantitative estimate of drug-likeness (QED) is 0.810. The van der Waals surface area contributed by atoms with Crippen molar-refractivity contribution < 1.29 is 19.4 Å². The summed E-state index contributed by atoms with van der Waals surface area (Å²) in [6, 6.07) is 0. The van der Waals surface area contributed by atoms with E-state index in [0.717, 1.165) is 19.4 Å². The van der Waals surface area contributed by atoms with Crippen LogP contribution in [0, 0.1) is 5.92 Å². The number of carbonyl (C=O) groups is 2. The molecule has 0 radical (unpaired) electrons. The molecule has 1 saturated heterocycles. The molecule has 104 valence electrons. The van der Waals surface area contributed by atoms with E-state index in [-0.39, 0.29) is 18.2 Å². The maximum absolute atomic E-state index is 12.1. The third-order valence-electron chi connectivity index (χ3n) is 3.46. The Labute approximate surface area is 108 Å². The highest BCUT2D eigenvalue weighted by Gasteiger charge is 2.29. The van der Waals surface area contributed by atoms with Crippen molar-refractivity contribution in [2.75, 3.05) is 20.2 Å². The van der Waals surface area contributed by atoms with Crippen LogP contribution in [0.25, 0.3) is 0 Å².